The zero-order valence-electron chi connectivity index (χ0n) is 9.60. The van der Waals surface area contributed by atoms with Crippen LogP contribution in [-0.4, -0.2) is 11.6 Å². The molecule has 2 nitrogen and oxygen atoms in total. The van der Waals surface area contributed by atoms with Crippen LogP contribution < -0.4 is 5.32 Å². The van der Waals surface area contributed by atoms with Crippen molar-refractivity contribution in [3.8, 4) is 0 Å². The van der Waals surface area contributed by atoms with E-state index in [1.807, 2.05) is 0 Å². The Morgan fingerprint density at radius 3 is 2.59 bits per heavy atom. The highest BCUT2D eigenvalue weighted by Gasteiger charge is 2.33. The molecule has 1 N–H and O–H groups in total. The molecular formula is C12H13F3N2. The molecule has 92 valence electrons. The lowest BCUT2D eigenvalue weighted by Crippen LogP contribution is -2.08. The fraction of sp³-hybridized carbons (Fsp3) is 0.333. The molecule has 0 amide bonds. The van der Waals surface area contributed by atoms with Crippen molar-refractivity contribution in [3.05, 3.63) is 35.5 Å². The monoisotopic (exact) mass is 242 g/mol. The van der Waals surface area contributed by atoms with Gasteiger partial charge in [-0.05, 0) is 24.7 Å². The Balaban J connectivity index is 2.76. The van der Waals surface area contributed by atoms with Gasteiger partial charge >= 0.3 is 6.18 Å². The summed E-state index contributed by atoms with van der Waals surface area (Å²) in [6, 6.07) is 4.26. The molecule has 0 radical (unpaired) electrons. The fourth-order valence-corrected chi connectivity index (χ4v) is 2.10. The van der Waals surface area contributed by atoms with Crippen molar-refractivity contribution in [1.82, 2.24) is 9.88 Å². The summed E-state index contributed by atoms with van der Waals surface area (Å²) < 4.78 is 40.5. The molecule has 1 aromatic heterocycles. The predicted octanol–water partition coefficient (Wildman–Crippen LogP) is 2.92. The molecule has 1 aromatic carbocycles. The molecule has 0 aliphatic carbocycles. The van der Waals surface area contributed by atoms with E-state index < -0.39 is 11.7 Å². The van der Waals surface area contributed by atoms with Gasteiger partial charge in [-0.3, -0.25) is 0 Å². The van der Waals surface area contributed by atoms with Crippen LogP contribution >= 0.6 is 0 Å². The molecule has 0 saturated heterocycles. The van der Waals surface area contributed by atoms with Gasteiger partial charge in [-0.25, -0.2) is 0 Å². The van der Waals surface area contributed by atoms with Crippen LogP contribution in [0.25, 0.3) is 10.9 Å². The van der Waals surface area contributed by atoms with Gasteiger partial charge in [0.2, 0.25) is 0 Å². The Morgan fingerprint density at radius 1 is 1.29 bits per heavy atom. The van der Waals surface area contributed by atoms with Crippen molar-refractivity contribution in [1.29, 1.82) is 0 Å². The molecule has 0 unspecified atom stereocenters. The van der Waals surface area contributed by atoms with Crippen LogP contribution in [0.15, 0.2) is 24.4 Å². The minimum atomic E-state index is -4.32. The second-order valence-electron chi connectivity index (χ2n) is 3.99. The van der Waals surface area contributed by atoms with Crippen LogP contribution in [0, 0.1) is 0 Å². The number of alkyl halides is 3. The van der Waals surface area contributed by atoms with Crippen LogP contribution in [0.1, 0.15) is 11.1 Å². The molecule has 0 spiro atoms. The van der Waals surface area contributed by atoms with Crippen LogP contribution in [0.5, 0.6) is 0 Å². The molecular weight excluding hydrogens is 229 g/mol. The molecule has 0 bridgehead atoms. The van der Waals surface area contributed by atoms with Crippen LogP contribution in [-0.2, 0) is 19.8 Å². The third-order valence-corrected chi connectivity index (χ3v) is 2.77. The van der Waals surface area contributed by atoms with Crippen molar-refractivity contribution in [2.45, 2.75) is 12.7 Å². The van der Waals surface area contributed by atoms with Gasteiger partial charge in [-0.15, -0.1) is 0 Å². The van der Waals surface area contributed by atoms with E-state index in [0.717, 1.165) is 6.07 Å². The SMILES string of the molecule is CNCc1cn(C)c2cccc(C(F)(F)F)c12. The second kappa shape index (κ2) is 4.07. The summed E-state index contributed by atoms with van der Waals surface area (Å²) in [4.78, 5) is 0. The van der Waals surface area contributed by atoms with Gasteiger partial charge < -0.3 is 9.88 Å². The van der Waals surface area contributed by atoms with Crippen molar-refractivity contribution in [3.63, 3.8) is 0 Å². The first-order valence-corrected chi connectivity index (χ1v) is 5.24. The molecule has 17 heavy (non-hydrogen) atoms. The summed E-state index contributed by atoms with van der Waals surface area (Å²) in [5.41, 5.74) is 0.698. The van der Waals surface area contributed by atoms with E-state index in [1.165, 1.54) is 6.07 Å². The highest BCUT2D eigenvalue weighted by Crippen LogP contribution is 2.36. The minimum absolute atomic E-state index is 0.289. The maximum Gasteiger partial charge on any atom is 0.417 e. The zero-order valence-corrected chi connectivity index (χ0v) is 9.60. The van der Waals surface area contributed by atoms with Gasteiger partial charge in [0.25, 0.3) is 0 Å². The van der Waals surface area contributed by atoms with Crippen LogP contribution in [0.3, 0.4) is 0 Å². The number of aromatic nitrogens is 1. The van der Waals surface area contributed by atoms with E-state index in [-0.39, 0.29) is 5.39 Å². The molecule has 0 atom stereocenters. The minimum Gasteiger partial charge on any atom is -0.350 e. The number of rotatable bonds is 2. The number of benzene rings is 1. The normalized spacial score (nSPS) is 12.3. The average Bonchev–Trinajstić information content (AvgIpc) is 2.55. The zero-order chi connectivity index (χ0) is 12.6. The molecule has 2 rings (SSSR count). The molecule has 0 fully saturated rings. The third kappa shape index (κ3) is 2.02. The predicted molar refractivity (Wildman–Crippen MR) is 60.7 cm³/mol. The first-order valence-electron chi connectivity index (χ1n) is 5.24. The maximum atomic E-state index is 12.9. The van der Waals surface area contributed by atoms with E-state index in [1.54, 1.807) is 30.9 Å². The summed E-state index contributed by atoms with van der Waals surface area (Å²) >= 11 is 0. The van der Waals surface area contributed by atoms with Crippen molar-refractivity contribution < 1.29 is 13.2 Å². The summed E-state index contributed by atoms with van der Waals surface area (Å²) in [7, 11) is 3.47. The fourth-order valence-electron chi connectivity index (χ4n) is 2.10. The number of fused-ring (bicyclic) bond motifs is 1. The van der Waals surface area contributed by atoms with Gasteiger partial charge in [-0.2, -0.15) is 13.2 Å². The van der Waals surface area contributed by atoms with Gasteiger partial charge in [0.15, 0.2) is 0 Å². The highest BCUT2D eigenvalue weighted by atomic mass is 19.4. The van der Waals surface area contributed by atoms with E-state index >= 15 is 0 Å². The number of hydrogen-bond donors (Lipinski definition) is 1. The Hall–Kier alpha value is -1.49. The third-order valence-electron chi connectivity index (χ3n) is 2.77. The molecule has 5 heteroatoms. The van der Waals surface area contributed by atoms with E-state index in [4.69, 9.17) is 0 Å². The summed E-state index contributed by atoms with van der Waals surface area (Å²) in [6.45, 7) is 0.421. The maximum absolute atomic E-state index is 12.9. The van der Waals surface area contributed by atoms with Gasteiger partial charge in [0, 0.05) is 30.7 Å². The number of hydrogen-bond acceptors (Lipinski definition) is 1. The molecule has 2 aromatic rings. The first kappa shape index (κ1) is 12.0. The van der Waals surface area contributed by atoms with E-state index in [9.17, 15) is 13.2 Å². The van der Waals surface area contributed by atoms with Crippen molar-refractivity contribution in [2.75, 3.05) is 7.05 Å². The second-order valence-corrected chi connectivity index (χ2v) is 3.99. The van der Waals surface area contributed by atoms with Crippen molar-refractivity contribution >= 4 is 10.9 Å². The number of aryl methyl sites for hydroxylation is 1. The van der Waals surface area contributed by atoms with Gasteiger partial charge in [0.05, 0.1) is 5.56 Å². The molecule has 1 heterocycles. The van der Waals surface area contributed by atoms with E-state index in [2.05, 4.69) is 5.32 Å². The Morgan fingerprint density at radius 2 is 2.00 bits per heavy atom. The first-order chi connectivity index (χ1) is 7.95. The largest absolute Gasteiger partial charge is 0.417 e. The standard InChI is InChI=1S/C12H13F3N2/c1-16-6-8-7-17(2)10-5-3-4-9(11(8)10)12(13,14)15/h3-5,7,16H,6H2,1-2H3. The lowest BCUT2D eigenvalue weighted by atomic mass is 10.1. The lowest BCUT2D eigenvalue weighted by molar-refractivity contribution is -0.136. The topological polar surface area (TPSA) is 17.0 Å². The molecule has 0 aliphatic rings. The smallest absolute Gasteiger partial charge is 0.350 e. The molecule has 0 aliphatic heterocycles. The Kier molecular flexibility index (Phi) is 2.87. The van der Waals surface area contributed by atoms with E-state index in [0.29, 0.717) is 17.6 Å². The summed E-state index contributed by atoms with van der Waals surface area (Å²) in [6.07, 6.45) is -2.58. The van der Waals surface area contributed by atoms with Gasteiger partial charge in [0.1, 0.15) is 0 Å². The number of nitrogens with one attached hydrogen (secondary N) is 1. The summed E-state index contributed by atoms with van der Waals surface area (Å²) in [5, 5.41) is 3.18. The Bertz CT molecular complexity index is 540. The lowest BCUT2D eigenvalue weighted by Gasteiger charge is -2.09. The van der Waals surface area contributed by atoms with Crippen LogP contribution in [0.2, 0.25) is 0 Å². The number of halogens is 3. The Labute approximate surface area is 97.0 Å². The summed E-state index contributed by atoms with van der Waals surface area (Å²) in [5.74, 6) is 0. The van der Waals surface area contributed by atoms with Crippen LogP contribution in [0.4, 0.5) is 13.2 Å². The average molecular weight is 242 g/mol. The molecule has 0 saturated carbocycles. The van der Waals surface area contributed by atoms with Gasteiger partial charge in [-0.1, -0.05) is 6.07 Å². The quantitative estimate of drug-likeness (QED) is 0.856. The number of nitrogens with zero attached hydrogens (tertiary/aromatic N) is 1. The van der Waals surface area contributed by atoms with Crippen molar-refractivity contribution in [2.24, 2.45) is 7.05 Å². The highest BCUT2D eigenvalue weighted by molar-refractivity contribution is 5.87.